The van der Waals surface area contributed by atoms with Crippen molar-refractivity contribution in [3.63, 3.8) is 0 Å². The number of rotatable bonds is 2. The first kappa shape index (κ1) is 9.10. The van der Waals surface area contributed by atoms with Crippen LogP contribution in [0.3, 0.4) is 0 Å². The summed E-state index contributed by atoms with van der Waals surface area (Å²) in [5.74, 6) is 0.277. The van der Waals surface area contributed by atoms with Gasteiger partial charge in [0.2, 0.25) is 0 Å². The molecule has 1 rings (SSSR count). The van der Waals surface area contributed by atoms with Gasteiger partial charge in [0.1, 0.15) is 0 Å². The summed E-state index contributed by atoms with van der Waals surface area (Å²) in [4.78, 5) is 0. The molecule has 12 heavy (non-hydrogen) atoms. The van der Waals surface area contributed by atoms with E-state index in [0.717, 1.165) is 18.5 Å². The fraction of sp³-hybridized carbons (Fsp3) is 0.667. The van der Waals surface area contributed by atoms with E-state index in [1.165, 1.54) is 6.20 Å². The number of nitrogens with zero attached hydrogens (tertiary/aromatic N) is 1. The molecule has 0 saturated heterocycles. The Morgan fingerprint density at radius 1 is 1.50 bits per heavy atom. The molecule has 0 radical (unpaired) electrons. The molecule has 2 N–H and O–H groups in total. The standard InChI is InChI=1S/C9H16N2O/c1-9(2,3)5-4-7-8(12)6-10-11-7/h6,12H,4-5H2,1-3H3,(H,10,11). The van der Waals surface area contributed by atoms with Crippen LogP contribution in [0.4, 0.5) is 0 Å². The van der Waals surface area contributed by atoms with Crippen molar-refractivity contribution in [1.82, 2.24) is 10.2 Å². The zero-order valence-corrected chi connectivity index (χ0v) is 7.89. The van der Waals surface area contributed by atoms with E-state index < -0.39 is 0 Å². The van der Waals surface area contributed by atoms with Crippen molar-refractivity contribution < 1.29 is 5.11 Å². The third-order valence-electron chi connectivity index (χ3n) is 1.82. The number of aromatic amines is 1. The van der Waals surface area contributed by atoms with Crippen molar-refractivity contribution in [3.05, 3.63) is 11.9 Å². The number of aromatic hydroxyl groups is 1. The average molecular weight is 168 g/mol. The Morgan fingerprint density at radius 2 is 2.17 bits per heavy atom. The molecular weight excluding hydrogens is 152 g/mol. The van der Waals surface area contributed by atoms with Gasteiger partial charge in [0.25, 0.3) is 0 Å². The Hall–Kier alpha value is -0.990. The van der Waals surface area contributed by atoms with Crippen molar-refractivity contribution in [2.75, 3.05) is 0 Å². The Labute approximate surface area is 72.8 Å². The smallest absolute Gasteiger partial charge is 0.156 e. The Bertz CT molecular complexity index is 247. The van der Waals surface area contributed by atoms with Gasteiger partial charge in [0.15, 0.2) is 5.75 Å². The third-order valence-corrected chi connectivity index (χ3v) is 1.82. The normalized spacial score (nSPS) is 11.9. The molecule has 0 spiro atoms. The van der Waals surface area contributed by atoms with Gasteiger partial charge < -0.3 is 5.11 Å². The van der Waals surface area contributed by atoms with Crippen LogP contribution in [-0.2, 0) is 6.42 Å². The SMILES string of the molecule is CC(C)(C)CCc1[nH]ncc1O. The van der Waals surface area contributed by atoms with Gasteiger partial charge >= 0.3 is 0 Å². The second kappa shape index (κ2) is 3.17. The first-order chi connectivity index (χ1) is 5.49. The van der Waals surface area contributed by atoms with E-state index in [2.05, 4.69) is 31.0 Å². The van der Waals surface area contributed by atoms with Crippen molar-refractivity contribution in [1.29, 1.82) is 0 Å². The second-order valence-electron chi connectivity index (χ2n) is 4.29. The number of aromatic nitrogens is 2. The molecule has 68 valence electrons. The fourth-order valence-electron chi connectivity index (χ4n) is 0.991. The highest BCUT2D eigenvalue weighted by molar-refractivity contribution is 5.21. The molecule has 0 atom stereocenters. The van der Waals surface area contributed by atoms with Crippen molar-refractivity contribution >= 4 is 0 Å². The second-order valence-corrected chi connectivity index (χ2v) is 4.29. The molecular formula is C9H16N2O. The first-order valence-electron chi connectivity index (χ1n) is 4.20. The maximum atomic E-state index is 9.25. The van der Waals surface area contributed by atoms with Gasteiger partial charge in [-0.25, -0.2) is 0 Å². The number of aryl methyl sites for hydroxylation is 1. The van der Waals surface area contributed by atoms with Crippen molar-refractivity contribution in [3.8, 4) is 5.75 Å². The minimum absolute atomic E-state index is 0.277. The highest BCUT2D eigenvalue weighted by Gasteiger charge is 2.12. The van der Waals surface area contributed by atoms with E-state index in [0.29, 0.717) is 5.41 Å². The zero-order chi connectivity index (χ0) is 9.19. The predicted molar refractivity (Wildman–Crippen MR) is 48.0 cm³/mol. The van der Waals surface area contributed by atoms with Crippen LogP contribution in [0, 0.1) is 5.41 Å². The average Bonchev–Trinajstić information content (AvgIpc) is 2.29. The van der Waals surface area contributed by atoms with Gasteiger partial charge in [-0.05, 0) is 18.3 Å². The highest BCUT2D eigenvalue weighted by Crippen LogP contribution is 2.23. The summed E-state index contributed by atoms with van der Waals surface area (Å²) in [5, 5.41) is 15.8. The summed E-state index contributed by atoms with van der Waals surface area (Å²) >= 11 is 0. The predicted octanol–water partition coefficient (Wildman–Crippen LogP) is 2.09. The molecule has 0 bridgehead atoms. The topological polar surface area (TPSA) is 48.9 Å². The maximum Gasteiger partial charge on any atom is 0.156 e. The summed E-state index contributed by atoms with van der Waals surface area (Å²) in [6.45, 7) is 6.54. The molecule has 0 fully saturated rings. The summed E-state index contributed by atoms with van der Waals surface area (Å²) in [7, 11) is 0. The van der Waals surface area contributed by atoms with Crippen LogP contribution in [0.2, 0.25) is 0 Å². The van der Waals surface area contributed by atoms with E-state index in [4.69, 9.17) is 0 Å². The lowest BCUT2D eigenvalue weighted by atomic mass is 9.90. The Balaban J connectivity index is 2.49. The van der Waals surface area contributed by atoms with Gasteiger partial charge in [-0.15, -0.1) is 0 Å². The summed E-state index contributed by atoms with van der Waals surface area (Å²) in [6.07, 6.45) is 3.34. The molecule has 1 aromatic rings. The van der Waals surface area contributed by atoms with Gasteiger partial charge in [-0.1, -0.05) is 20.8 Å². The van der Waals surface area contributed by atoms with E-state index in [-0.39, 0.29) is 5.75 Å². The Morgan fingerprint density at radius 3 is 2.58 bits per heavy atom. The molecule has 3 nitrogen and oxygen atoms in total. The first-order valence-corrected chi connectivity index (χ1v) is 4.20. The number of hydrogen-bond acceptors (Lipinski definition) is 2. The molecule has 3 heteroatoms. The molecule has 0 saturated carbocycles. The van der Waals surface area contributed by atoms with E-state index in [1.54, 1.807) is 0 Å². The lowest BCUT2D eigenvalue weighted by molar-refractivity contribution is 0.372. The van der Waals surface area contributed by atoms with Crippen LogP contribution in [0.25, 0.3) is 0 Å². The molecule has 0 amide bonds. The minimum Gasteiger partial charge on any atom is -0.504 e. The summed E-state index contributed by atoms with van der Waals surface area (Å²) in [6, 6.07) is 0. The van der Waals surface area contributed by atoms with Crippen molar-refractivity contribution in [2.45, 2.75) is 33.6 Å². The van der Waals surface area contributed by atoms with Crippen LogP contribution in [-0.4, -0.2) is 15.3 Å². The van der Waals surface area contributed by atoms with Gasteiger partial charge in [-0.3, -0.25) is 5.10 Å². The van der Waals surface area contributed by atoms with Crippen LogP contribution < -0.4 is 0 Å². The van der Waals surface area contributed by atoms with Crippen molar-refractivity contribution in [2.24, 2.45) is 5.41 Å². The Kier molecular flexibility index (Phi) is 2.40. The molecule has 1 aromatic heterocycles. The molecule has 1 heterocycles. The van der Waals surface area contributed by atoms with E-state index in [1.807, 2.05) is 0 Å². The van der Waals surface area contributed by atoms with Gasteiger partial charge in [0, 0.05) is 0 Å². The van der Waals surface area contributed by atoms with Crippen LogP contribution in [0.1, 0.15) is 32.9 Å². The van der Waals surface area contributed by atoms with E-state index >= 15 is 0 Å². The molecule has 0 aliphatic carbocycles. The summed E-state index contributed by atoms with van der Waals surface area (Å²) < 4.78 is 0. The number of nitrogens with one attached hydrogen (secondary N) is 1. The van der Waals surface area contributed by atoms with Gasteiger partial charge in [0.05, 0.1) is 11.9 Å². The van der Waals surface area contributed by atoms with Crippen LogP contribution in [0.15, 0.2) is 6.20 Å². The van der Waals surface area contributed by atoms with Crippen LogP contribution in [0.5, 0.6) is 5.75 Å². The monoisotopic (exact) mass is 168 g/mol. The largest absolute Gasteiger partial charge is 0.504 e. The molecule has 0 aliphatic heterocycles. The van der Waals surface area contributed by atoms with E-state index in [9.17, 15) is 5.11 Å². The zero-order valence-electron chi connectivity index (χ0n) is 7.89. The molecule has 0 aliphatic rings. The molecule has 0 unspecified atom stereocenters. The number of hydrogen-bond donors (Lipinski definition) is 2. The minimum atomic E-state index is 0.277. The van der Waals surface area contributed by atoms with Gasteiger partial charge in [-0.2, -0.15) is 5.10 Å². The molecule has 0 aromatic carbocycles. The quantitative estimate of drug-likeness (QED) is 0.710. The van der Waals surface area contributed by atoms with Crippen LogP contribution >= 0.6 is 0 Å². The number of H-pyrrole nitrogens is 1. The maximum absolute atomic E-state index is 9.25. The summed E-state index contributed by atoms with van der Waals surface area (Å²) in [5.41, 5.74) is 1.14. The third kappa shape index (κ3) is 2.57. The highest BCUT2D eigenvalue weighted by atomic mass is 16.3. The lowest BCUT2D eigenvalue weighted by Gasteiger charge is -2.16. The lowest BCUT2D eigenvalue weighted by Crippen LogP contribution is -2.06. The fourth-order valence-corrected chi connectivity index (χ4v) is 0.991.